The third-order valence-corrected chi connectivity index (χ3v) is 5.44. The molecule has 2 aromatic rings. The summed E-state index contributed by atoms with van der Waals surface area (Å²) in [6, 6.07) is 11.5. The molecule has 1 unspecified atom stereocenters. The number of aryl methyl sites for hydroxylation is 2. The van der Waals surface area contributed by atoms with Gasteiger partial charge in [-0.25, -0.2) is 13.1 Å². The van der Waals surface area contributed by atoms with Crippen LogP contribution in [0.5, 0.6) is 0 Å². The number of carbonyl (C=O) groups is 1. The van der Waals surface area contributed by atoms with E-state index in [0.29, 0.717) is 5.56 Å². The van der Waals surface area contributed by atoms with Crippen molar-refractivity contribution < 1.29 is 13.2 Å². The average Bonchev–Trinajstić information content (AvgIpc) is 2.56. The zero-order valence-corrected chi connectivity index (χ0v) is 15.1. The van der Waals surface area contributed by atoms with Gasteiger partial charge in [0.1, 0.15) is 0 Å². The first-order chi connectivity index (χ1) is 11.2. The van der Waals surface area contributed by atoms with Gasteiger partial charge in [0, 0.05) is 18.7 Å². The normalized spacial score (nSPS) is 12.7. The van der Waals surface area contributed by atoms with Gasteiger partial charge < -0.3 is 5.32 Å². The lowest BCUT2D eigenvalue weighted by Gasteiger charge is -2.17. The molecular weight excluding hydrogens is 324 g/mol. The summed E-state index contributed by atoms with van der Waals surface area (Å²) in [6.45, 7) is 5.75. The summed E-state index contributed by atoms with van der Waals surface area (Å²) in [5, 5.41) is 2.50. The highest BCUT2D eigenvalue weighted by Gasteiger charge is 2.20. The molecule has 0 heterocycles. The molecule has 5 nitrogen and oxygen atoms in total. The van der Waals surface area contributed by atoms with E-state index in [1.807, 2.05) is 39.0 Å². The summed E-state index contributed by atoms with van der Waals surface area (Å²) in [4.78, 5) is 11.7. The van der Waals surface area contributed by atoms with Crippen molar-refractivity contribution in [3.63, 3.8) is 0 Å². The summed E-state index contributed by atoms with van der Waals surface area (Å²) >= 11 is 0. The third kappa shape index (κ3) is 4.01. The van der Waals surface area contributed by atoms with Crippen LogP contribution in [-0.4, -0.2) is 21.4 Å². The maximum atomic E-state index is 12.6. The van der Waals surface area contributed by atoms with Crippen LogP contribution in [0.2, 0.25) is 0 Å². The smallest absolute Gasteiger partial charge is 0.251 e. The van der Waals surface area contributed by atoms with Crippen molar-refractivity contribution in [2.45, 2.75) is 31.7 Å². The van der Waals surface area contributed by atoms with Gasteiger partial charge in [0.2, 0.25) is 10.0 Å². The molecule has 0 fully saturated rings. The van der Waals surface area contributed by atoms with Crippen LogP contribution in [0.1, 0.15) is 40.0 Å². The van der Waals surface area contributed by atoms with Gasteiger partial charge in [0.25, 0.3) is 5.91 Å². The summed E-state index contributed by atoms with van der Waals surface area (Å²) in [5.74, 6) is -0.254. The van der Waals surface area contributed by atoms with Gasteiger partial charge >= 0.3 is 0 Å². The molecule has 0 aliphatic heterocycles. The minimum Gasteiger partial charge on any atom is -0.355 e. The zero-order valence-electron chi connectivity index (χ0n) is 14.3. The van der Waals surface area contributed by atoms with Crippen LogP contribution in [0.3, 0.4) is 0 Å². The second-order valence-electron chi connectivity index (χ2n) is 5.81. The largest absolute Gasteiger partial charge is 0.355 e. The molecule has 0 bridgehead atoms. The summed E-state index contributed by atoms with van der Waals surface area (Å²) in [6.07, 6.45) is 0. The van der Waals surface area contributed by atoms with E-state index in [0.717, 1.165) is 16.7 Å². The number of amides is 1. The summed E-state index contributed by atoms with van der Waals surface area (Å²) in [7, 11) is -2.14. The first-order valence-electron chi connectivity index (χ1n) is 7.66. The molecule has 2 N–H and O–H groups in total. The van der Waals surface area contributed by atoms with Crippen LogP contribution < -0.4 is 10.0 Å². The zero-order chi connectivity index (χ0) is 17.9. The number of hydrogen-bond acceptors (Lipinski definition) is 3. The molecule has 0 saturated carbocycles. The topological polar surface area (TPSA) is 75.3 Å². The van der Waals surface area contributed by atoms with Crippen molar-refractivity contribution >= 4 is 15.9 Å². The van der Waals surface area contributed by atoms with Crippen LogP contribution in [-0.2, 0) is 10.0 Å². The molecule has 128 valence electrons. The first-order valence-corrected chi connectivity index (χ1v) is 9.14. The van der Waals surface area contributed by atoms with Gasteiger partial charge in [-0.1, -0.05) is 23.8 Å². The van der Waals surface area contributed by atoms with Crippen molar-refractivity contribution in [1.82, 2.24) is 10.0 Å². The van der Waals surface area contributed by atoms with Gasteiger partial charge in [-0.15, -0.1) is 0 Å². The Morgan fingerprint density at radius 1 is 1.04 bits per heavy atom. The highest BCUT2D eigenvalue weighted by molar-refractivity contribution is 7.89. The maximum Gasteiger partial charge on any atom is 0.251 e. The van der Waals surface area contributed by atoms with E-state index in [9.17, 15) is 13.2 Å². The van der Waals surface area contributed by atoms with Crippen molar-refractivity contribution in [3.8, 4) is 0 Å². The number of rotatable bonds is 5. The molecule has 1 atom stereocenters. The van der Waals surface area contributed by atoms with E-state index in [4.69, 9.17) is 0 Å². The molecule has 0 spiro atoms. The van der Waals surface area contributed by atoms with Gasteiger partial charge in [-0.3, -0.25) is 4.79 Å². The first kappa shape index (κ1) is 18.2. The predicted octanol–water partition coefficient (Wildman–Crippen LogP) is 2.70. The number of carbonyl (C=O) groups excluding carboxylic acids is 1. The fourth-order valence-electron chi connectivity index (χ4n) is 2.52. The van der Waals surface area contributed by atoms with Gasteiger partial charge in [0.05, 0.1) is 4.90 Å². The fraction of sp³-hybridized carbons (Fsp3) is 0.278. The van der Waals surface area contributed by atoms with Crippen LogP contribution in [0.4, 0.5) is 0 Å². The van der Waals surface area contributed by atoms with Gasteiger partial charge in [-0.05, 0) is 56.2 Å². The highest BCUT2D eigenvalue weighted by Crippen LogP contribution is 2.21. The van der Waals surface area contributed by atoms with Crippen molar-refractivity contribution in [1.29, 1.82) is 0 Å². The average molecular weight is 346 g/mol. The van der Waals surface area contributed by atoms with Crippen LogP contribution in [0.25, 0.3) is 0 Å². The Balaban J connectivity index is 2.24. The van der Waals surface area contributed by atoms with E-state index in [-0.39, 0.29) is 16.8 Å². The number of benzene rings is 2. The Morgan fingerprint density at radius 2 is 1.67 bits per heavy atom. The number of nitrogens with one attached hydrogen (secondary N) is 2. The summed E-state index contributed by atoms with van der Waals surface area (Å²) < 4.78 is 27.8. The quantitative estimate of drug-likeness (QED) is 0.874. The van der Waals surface area contributed by atoms with Gasteiger partial charge in [-0.2, -0.15) is 0 Å². The molecule has 0 aliphatic rings. The monoisotopic (exact) mass is 346 g/mol. The second-order valence-corrected chi connectivity index (χ2v) is 7.52. The predicted molar refractivity (Wildman–Crippen MR) is 94.5 cm³/mol. The Hall–Kier alpha value is -2.18. The second kappa shape index (κ2) is 7.15. The summed E-state index contributed by atoms with van der Waals surface area (Å²) in [5.41, 5.74) is 3.47. The lowest BCUT2D eigenvalue weighted by Crippen LogP contribution is -2.27. The van der Waals surface area contributed by atoms with Crippen molar-refractivity contribution in [2.75, 3.05) is 7.05 Å². The molecule has 24 heavy (non-hydrogen) atoms. The molecule has 0 radical (unpaired) electrons. The van der Waals surface area contributed by atoms with Crippen molar-refractivity contribution in [2.24, 2.45) is 0 Å². The minimum absolute atomic E-state index is 0.132. The van der Waals surface area contributed by atoms with Crippen LogP contribution >= 0.6 is 0 Å². The molecular formula is C18H22N2O3S. The number of hydrogen-bond donors (Lipinski definition) is 2. The SMILES string of the molecule is CNC(=O)c1ccc(S(=O)(=O)NC(C)c2cc(C)ccc2C)cc1. The minimum atomic E-state index is -3.67. The van der Waals surface area contributed by atoms with Crippen LogP contribution in [0, 0.1) is 13.8 Å². The van der Waals surface area contributed by atoms with Crippen LogP contribution in [0.15, 0.2) is 47.4 Å². The molecule has 0 aliphatic carbocycles. The standard InChI is InChI=1S/C18H22N2O3S/c1-12-5-6-13(2)17(11-12)14(3)20-24(22,23)16-9-7-15(8-10-16)18(21)19-4/h5-11,14,20H,1-4H3,(H,19,21). The Kier molecular flexibility index (Phi) is 5.41. The lowest BCUT2D eigenvalue weighted by atomic mass is 10.0. The van der Waals surface area contributed by atoms with E-state index in [1.54, 1.807) is 0 Å². The van der Waals surface area contributed by atoms with Crippen molar-refractivity contribution in [3.05, 3.63) is 64.7 Å². The van der Waals surface area contributed by atoms with E-state index >= 15 is 0 Å². The molecule has 2 rings (SSSR count). The Bertz CT molecular complexity index is 843. The number of sulfonamides is 1. The van der Waals surface area contributed by atoms with E-state index in [2.05, 4.69) is 10.0 Å². The molecule has 0 saturated heterocycles. The third-order valence-electron chi connectivity index (χ3n) is 3.89. The molecule has 0 aromatic heterocycles. The maximum absolute atomic E-state index is 12.6. The molecule has 6 heteroatoms. The highest BCUT2D eigenvalue weighted by atomic mass is 32.2. The lowest BCUT2D eigenvalue weighted by molar-refractivity contribution is 0.0963. The molecule has 2 aromatic carbocycles. The van der Waals surface area contributed by atoms with E-state index < -0.39 is 10.0 Å². The Labute approximate surface area is 143 Å². The van der Waals surface area contributed by atoms with Gasteiger partial charge in [0.15, 0.2) is 0 Å². The fourth-order valence-corrected chi connectivity index (χ4v) is 3.74. The molecule has 1 amide bonds. The van der Waals surface area contributed by atoms with E-state index in [1.165, 1.54) is 31.3 Å². The Morgan fingerprint density at radius 3 is 2.25 bits per heavy atom.